The standard InChI is InChI=1S/C15H17Cl2FN2/c1-9(16)15-19-13-8-12(18)11(17)7-14(13)20(15)6-2-3-10-4-5-10/h7-10H,2-6H2,1H3. The first-order valence-electron chi connectivity index (χ1n) is 7.05. The molecule has 2 aromatic rings. The molecule has 0 spiro atoms. The number of benzene rings is 1. The summed E-state index contributed by atoms with van der Waals surface area (Å²) in [5.41, 5.74) is 1.50. The van der Waals surface area contributed by atoms with Gasteiger partial charge < -0.3 is 4.57 Å². The van der Waals surface area contributed by atoms with E-state index < -0.39 is 5.82 Å². The molecule has 0 amide bonds. The fourth-order valence-corrected chi connectivity index (χ4v) is 2.95. The normalized spacial score (nSPS) is 16.8. The third-order valence-corrected chi connectivity index (χ3v) is 4.35. The molecule has 3 rings (SSSR count). The summed E-state index contributed by atoms with van der Waals surface area (Å²) in [6, 6.07) is 3.04. The van der Waals surface area contributed by atoms with Crippen molar-refractivity contribution in [3.8, 4) is 0 Å². The van der Waals surface area contributed by atoms with Crippen LogP contribution in [0, 0.1) is 11.7 Å². The van der Waals surface area contributed by atoms with Gasteiger partial charge in [0.25, 0.3) is 0 Å². The zero-order valence-electron chi connectivity index (χ0n) is 11.4. The molecule has 1 atom stereocenters. The van der Waals surface area contributed by atoms with Gasteiger partial charge in [-0.25, -0.2) is 9.37 Å². The molecule has 20 heavy (non-hydrogen) atoms. The summed E-state index contributed by atoms with van der Waals surface area (Å²) in [5.74, 6) is 1.26. The van der Waals surface area contributed by atoms with Crippen LogP contribution >= 0.6 is 23.2 Å². The first-order chi connectivity index (χ1) is 9.56. The number of rotatable bonds is 5. The zero-order chi connectivity index (χ0) is 14.3. The predicted octanol–water partition coefficient (Wildman–Crippen LogP) is 5.32. The Morgan fingerprint density at radius 1 is 1.45 bits per heavy atom. The maximum Gasteiger partial charge on any atom is 0.144 e. The van der Waals surface area contributed by atoms with E-state index in [1.54, 1.807) is 6.07 Å². The van der Waals surface area contributed by atoms with E-state index in [0.29, 0.717) is 5.52 Å². The summed E-state index contributed by atoms with van der Waals surface area (Å²) < 4.78 is 15.6. The molecule has 2 nitrogen and oxygen atoms in total. The van der Waals surface area contributed by atoms with Gasteiger partial charge in [-0.1, -0.05) is 24.4 Å². The second-order valence-electron chi connectivity index (χ2n) is 5.58. The Hall–Kier alpha value is -0.800. The van der Waals surface area contributed by atoms with E-state index in [-0.39, 0.29) is 10.4 Å². The van der Waals surface area contributed by atoms with E-state index in [9.17, 15) is 4.39 Å². The van der Waals surface area contributed by atoms with Gasteiger partial charge in [0.15, 0.2) is 0 Å². The lowest BCUT2D eigenvalue weighted by Crippen LogP contribution is -2.05. The summed E-state index contributed by atoms with van der Waals surface area (Å²) in [6.45, 7) is 2.75. The van der Waals surface area contributed by atoms with Gasteiger partial charge in [0.2, 0.25) is 0 Å². The maximum atomic E-state index is 13.5. The lowest BCUT2D eigenvalue weighted by Gasteiger charge is -2.10. The minimum absolute atomic E-state index is 0.134. The van der Waals surface area contributed by atoms with Crippen molar-refractivity contribution in [3.05, 3.63) is 28.8 Å². The second-order valence-corrected chi connectivity index (χ2v) is 6.64. The van der Waals surface area contributed by atoms with Crippen LogP contribution in [0.25, 0.3) is 11.0 Å². The summed E-state index contributed by atoms with van der Waals surface area (Å²) in [5, 5.41) is -0.0696. The molecule has 0 radical (unpaired) electrons. The van der Waals surface area contributed by atoms with E-state index in [1.807, 2.05) is 6.92 Å². The Morgan fingerprint density at radius 2 is 2.20 bits per heavy atom. The molecule has 1 aromatic heterocycles. The molecule has 0 N–H and O–H groups in total. The number of imidazole rings is 1. The summed E-state index contributed by atoms with van der Waals surface area (Å²) in [4.78, 5) is 4.46. The van der Waals surface area contributed by atoms with Crippen LogP contribution in [-0.4, -0.2) is 9.55 Å². The second kappa shape index (κ2) is 5.53. The molecule has 0 saturated heterocycles. The third kappa shape index (κ3) is 2.79. The van der Waals surface area contributed by atoms with Crippen LogP contribution in [0.3, 0.4) is 0 Å². The third-order valence-electron chi connectivity index (χ3n) is 3.87. The molecule has 1 aromatic carbocycles. The molecule has 0 aliphatic heterocycles. The summed E-state index contributed by atoms with van der Waals surface area (Å²) in [7, 11) is 0. The number of hydrogen-bond acceptors (Lipinski definition) is 1. The largest absolute Gasteiger partial charge is 0.327 e. The van der Waals surface area contributed by atoms with Gasteiger partial charge in [-0.05, 0) is 31.7 Å². The number of fused-ring (bicyclic) bond motifs is 1. The molecule has 108 valence electrons. The highest BCUT2D eigenvalue weighted by Crippen LogP contribution is 2.34. The van der Waals surface area contributed by atoms with Crippen LogP contribution in [0.2, 0.25) is 5.02 Å². The van der Waals surface area contributed by atoms with E-state index >= 15 is 0 Å². The Balaban J connectivity index is 1.96. The average molecular weight is 315 g/mol. The highest BCUT2D eigenvalue weighted by Gasteiger charge is 2.21. The fraction of sp³-hybridized carbons (Fsp3) is 0.533. The molecule has 1 unspecified atom stereocenters. The maximum absolute atomic E-state index is 13.5. The Bertz CT molecular complexity index is 632. The summed E-state index contributed by atoms with van der Waals surface area (Å²) in [6.07, 6.45) is 5.06. The van der Waals surface area contributed by atoms with Crippen LogP contribution in [0.5, 0.6) is 0 Å². The van der Waals surface area contributed by atoms with Gasteiger partial charge in [-0.2, -0.15) is 0 Å². The summed E-state index contributed by atoms with van der Waals surface area (Å²) >= 11 is 12.1. The highest BCUT2D eigenvalue weighted by atomic mass is 35.5. The van der Waals surface area contributed by atoms with Gasteiger partial charge in [-0.15, -0.1) is 11.6 Å². The molecular formula is C15H17Cl2FN2. The smallest absolute Gasteiger partial charge is 0.144 e. The Morgan fingerprint density at radius 3 is 2.85 bits per heavy atom. The molecule has 1 aliphatic carbocycles. The van der Waals surface area contributed by atoms with Crippen molar-refractivity contribution in [3.63, 3.8) is 0 Å². The molecule has 0 bridgehead atoms. The lowest BCUT2D eigenvalue weighted by atomic mass is 10.2. The first-order valence-corrected chi connectivity index (χ1v) is 7.87. The van der Waals surface area contributed by atoms with Crippen molar-refractivity contribution >= 4 is 34.2 Å². The fourth-order valence-electron chi connectivity index (χ4n) is 2.62. The predicted molar refractivity (Wildman–Crippen MR) is 80.9 cm³/mol. The topological polar surface area (TPSA) is 17.8 Å². The van der Waals surface area contributed by atoms with Gasteiger partial charge in [0, 0.05) is 12.6 Å². The number of nitrogens with zero attached hydrogens (tertiary/aromatic N) is 2. The van der Waals surface area contributed by atoms with Gasteiger partial charge >= 0.3 is 0 Å². The van der Waals surface area contributed by atoms with E-state index in [0.717, 1.165) is 30.2 Å². The van der Waals surface area contributed by atoms with Crippen molar-refractivity contribution in [1.82, 2.24) is 9.55 Å². The monoisotopic (exact) mass is 314 g/mol. The molecule has 1 heterocycles. The van der Waals surface area contributed by atoms with Crippen LogP contribution in [0.4, 0.5) is 4.39 Å². The molecule has 5 heteroatoms. The first kappa shape index (κ1) is 14.2. The van der Waals surface area contributed by atoms with Gasteiger partial charge in [-0.3, -0.25) is 0 Å². The van der Waals surface area contributed by atoms with Crippen molar-refractivity contribution in [1.29, 1.82) is 0 Å². The minimum Gasteiger partial charge on any atom is -0.327 e. The number of aromatic nitrogens is 2. The number of hydrogen-bond donors (Lipinski definition) is 0. The Kier molecular flexibility index (Phi) is 3.91. The Labute approximate surface area is 127 Å². The number of alkyl halides is 1. The molecular weight excluding hydrogens is 298 g/mol. The van der Waals surface area contributed by atoms with Crippen LogP contribution < -0.4 is 0 Å². The minimum atomic E-state index is -0.435. The van der Waals surface area contributed by atoms with Gasteiger partial charge in [0.1, 0.15) is 11.6 Å². The zero-order valence-corrected chi connectivity index (χ0v) is 12.9. The SMILES string of the molecule is CC(Cl)c1nc2cc(F)c(Cl)cc2n1CCCC1CC1. The average Bonchev–Trinajstić information content (AvgIpc) is 3.14. The van der Waals surface area contributed by atoms with Crippen LogP contribution in [0.15, 0.2) is 12.1 Å². The van der Waals surface area contributed by atoms with Crippen molar-refractivity contribution < 1.29 is 4.39 Å². The van der Waals surface area contributed by atoms with Gasteiger partial charge in [0.05, 0.1) is 21.4 Å². The van der Waals surface area contributed by atoms with Crippen LogP contribution in [0.1, 0.15) is 43.8 Å². The van der Waals surface area contributed by atoms with E-state index in [2.05, 4.69) is 9.55 Å². The highest BCUT2D eigenvalue weighted by molar-refractivity contribution is 6.31. The van der Waals surface area contributed by atoms with E-state index in [1.165, 1.54) is 25.3 Å². The lowest BCUT2D eigenvalue weighted by molar-refractivity contribution is 0.569. The van der Waals surface area contributed by atoms with Crippen molar-refractivity contribution in [2.24, 2.45) is 5.92 Å². The number of aryl methyl sites for hydroxylation is 1. The quantitative estimate of drug-likeness (QED) is 0.683. The van der Waals surface area contributed by atoms with Crippen molar-refractivity contribution in [2.75, 3.05) is 0 Å². The molecule has 1 fully saturated rings. The van der Waals surface area contributed by atoms with E-state index in [4.69, 9.17) is 23.2 Å². The van der Waals surface area contributed by atoms with Crippen molar-refractivity contribution in [2.45, 2.75) is 44.5 Å². The molecule has 1 aliphatic rings. The molecule has 1 saturated carbocycles. The number of halogens is 3. The van der Waals surface area contributed by atoms with Crippen LogP contribution in [-0.2, 0) is 6.54 Å².